The number of carboxylic acids is 1. The predicted octanol–water partition coefficient (Wildman–Crippen LogP) is 22.5. The molecule has 23 nitrogen and oxygen atoms in total. The van der Waals surface area contributed by atoms with Gasteiger partial charge in [-0.3, -0.25) is 35.3 Å². The van der Waals surface area contributed by atoms with E-state index in [2.05, 4.69) is 64.6 Å². The van der Waals surface area contributed by atoms with E-state index in [9.17, 15) is 38.4 Å². The van der Waals surface area contributed by atoms with Crippen LogP contribution in [0.15, 0.2) is 225 Å². The molecule has 128 heavy (non-hydrogen) atoms. The minimum atomic E-state index is -0.863. The summed E-state index contributed by atoms with van der Waals surface area (Å²) in [6.45, 7) is 36.7. The van der Waals surface area contributed by atoms with Crippen molar-refractivity contribution in [2.24, 2.45) is 0 Å². The minimum Gasteiger partial charge on any atom is -0.478 e. The number of carbonyl (C=O) groups excluding carboxylic acids is 7. The average Bonchev–Trinajstić information content (AvgIpc) is 1.17. The van der Waals surface area contributed by atoms with Gasteiger partial charge >= 0.3 is 36.4 Å². The molecule has 24 heteroatoms. The van der Waals surface area contributed by atoms with Crippen molar-refractivity contribution in [1.29, 1.82) is 0 Å². The number of rotatable bonds is 18. The second kappa shape index (κ2) is 44.2. The molecule has 0 saturated carbocycles. The number of hydrogen-bond donors (Lipinski definition) is 5. The van der Waals surface area contributed by atoms with Crippen molar-refractivity contribution in [2.75, 3.05) is 92.5 Å². The van der Waals surface area contributed by atoms with Gasteiger partial charge < -0.3 is 48.9 Å². The molecule has 4 aliphatic rings. The first kappa shape index (κ1) is 97.6. The molecule has 2 aliphatic carbocycles. The van der Waals surface area contributed by atoms with Gasteiger partial charge in [-0.15, -0.1) is 0 Å². The van der Waals surface area contributed by atoms with Gasteiger partial charge in [-0.05, 0) is 262 Å². The molecule has 0 spiro atoms. The number of carbonyl (C=O) groups is 8. The number of nitrogens with one attached hydrogen (secondary N) is 3. The third-order valence-corrected chi connectivity index (χ3v) is 20.9. The van der Waals surface area contributed by atoms with Crippen LogP contribution in [0.2, 0.25) is 0 Å². The number of fused-ring (bicyclic) bond motifs is 3. The standard InChI is InChI=1S/C38H46N4O5.C28H27NO3.C17H20N2O2.C11H21BrN2O2.C10H8O2/c1-37(2,3)46-35(44)39-32-14-12-28(27-10-8-7-9-11-27)24-31(32)26-34(43)30-13-15-33-29(25-30)16-17-41(33)21-18-40-19-22-42(23-20-40)36(45)47-38(4,5)6;1-28(2,3)32-27(31)29-25-15-14-22(19-8-5-4-6-9-19)17-24(25)18-26(30)23-13-12-20-10-7-11-21(20)16-23;1-17(2,3)21-16(20)19-15-10-9-13(11-14(15)18)12-7-5-4-6-8-12;1-11(2,3)16-10(15)14-8-6-13(5-4-12)7-9-14;11-10(12)9-5-4-7-2-1-3-8(7)6-9/h7-17,24-25H,18-23,26H2,1-6H3,(H,39,44);4-9,11-17H,10,18H2,1-3H3,(H,29,31);4-11H,18H2,1-3H3,(H,19,20);4-9H2,1-3H3;1,3-6H,2H2,(H,11,12). The highest BCUT2D eigenvalue weighted by atomic mass is 79.9. The van der Waals surface area contributed by atoms with Crippen molar-refractivity contribution >= 4 is 110 Å². The molecule has 3 heterocycles. The maximum atomic E-state index is 13.7. The van der Waals surface area contributed by atoms with Crippen molar-refractivity contribution in [3.8, 4) is 33.4 Å². The second-order valence-electron chi connectivity index (χ2n) is 36.7. The molecule has 0 unspecified atom stereocenters. The molecule has 5 amide bonds. The maximum absolute atomic E-state index is 13.7. The van der Waals surface area contributed by atoms with Gasteiger partial charge in [0.05, 0.1) is 16.9 Å². The van der Waals surface area contributed by atoms with Crippen molar-refractivity contribution in [3.05, 3.63) is 275 Å². The number of piperazine rings is 2. The number of anilines is 4. The molecule has 0 radical (unpaired) electrons. The van der Waals surface area contributed by atoms with Crippen LogP contribution in [0.5, 0.6) is 0 Å². The highest BCUT2D eigenvalue weighted by Crippen LogP contribution is 2.33. The third kappa shape index (κ3) is 30.9. The molecule has 9 aromatic carbocycles. The van der Waals surface area contributed by atoms with Crippen LogP contribution in [-0.2, 0) is 55.9 Å². The molecule has 2 aliphatic heterocycles. The number of aromatic carboxylic acids is 1. The number of ketones is 2. The van der Waals surface area contributed by atoms with Crippen LogP contribution in [0.4, 0.5) is 46.7 Å². The molecule has 0 bridgehead atoms. The number of carboxylic acid groups (broad SMARTS) is 1. The molecule has 10 aromatic rings. The number of Topliss-reactive ketones (excluding diaryl/α,β-unsaturated/α-hetero) is 2. The molecule has 14 rings (SSSR count). The summed E-state index contributed by atoms with van der Waals surface area (Å²) >= 11 is 3.42. The maximum Gasteiger partial charge on any atom is 0.412 e. The van der Waals surface area contributed by atoms with E-state index in [1.807, 2.05) is 304 Å². The number of allylic oxidation sites excluding steroid dienone is 2. The Morgan fingerprint density at radius 3 is 1.15 bits per heavy atom. The number of alkyl halides is 1. The Morgan fingerprint density at radius 2 is 0.750 bits per heavy atom. The summed E-state index contributed by atoms with van der Waals surface area (Å²) < 4.78 is 29.1. The number of halogens is 1. The van der Waals surface area contributed by atoms with E-state index in [0.717, 1.165) is 138 Å². The zero-order valence-corrected chi connectivity index (χ0v) is 77.9. The predicted molar refractivity (Wildman–Crippen MR) is 515 cm³/mol. The monoisotopic (exact) mass is 1800 g/mol. The lowest BCUT2D eigenvalue weighted by Crippen LogP contribution is -2.50. The molecule has 1 aromatic heterocycles. The molecule has 674 valence electrons. The third-order valence-electron chi connectivity index (χ3n) is 20.5. The summed E-state index contributed by atoms with van der Waals surface area (Å²) in [4.78, 5) is 107. The number of nitrogens with two attached hydrogens (primary N) is 1. The zero-order valence-electron chi connectivity index (χ0n) is 76.3. The fourth-order valence-electron chi connectivity index (χ4n) is 14.3. The summed E-state index contributed by atoms with van der Waals surface area (Å²) in [6.07, 6.45) is 10.3. The van der Waals surface area contributed by atoms with E-state index in [1.165, 1.54) is 11.1 Å². The van der Waals surface area contributed by atoms with E-state index in [-0.39, 0.29) is 36.6 Å². The summed E-state index contributed by atoms with van der Waals surface area (Å²) in [5.74, 6) is -0.899. The van der Waals surface area contributed by atoms with Crippen LogP contribution in [0, 0.1) is 0 Å². The smallest absolute Gasteiger partial charge is 0.412 e. The van der Waals surface area contributed by atoms with Crippen LogP contribution >= 0.6 is 15.9 Å². The largest absolute Gasteiger partial charge is 0.478 e. The van der Waals surface area contributed by atoms with E-state index in [4.69, 9.17) is 34.5 Å². The van der Waals surface area contributed by atoms with Gasteiger partial charge in [0.1, 0.15) is 28.0 Å². The van der Waals surface area contributed by atoms with Gasteiger partial charge in [-0.2, -0.15) is 0 Å². The lowest BCUT2D eigenvalue weighted by Gasteiger charge is -2.35. The number of nitrogens with zero attached hydrogens (tertiary/aromatic N) is 5. The van der Waals surface area contributed by atoms with Gasteiger partial charge in [0.25, 0.3) is 0 Å². The quantitative estimate of drug-likeness (QED) is 0.0231. The topological polar surface area (TPSA) is 283 Å². The average molecular weight is 1800 g/mol. The fraction of sp³-hybridized carbons (Fsp3) is 0.346. The molecule has 2 fully saturated rings. The van der Waals surface area contributed by atoms with Gasteiger partial charge in [-0.25, -0.2) is 28.8 Å². The van der Waals surface area contributed by atoms with Gasteiger partial charge in [0.2, 0.25) is 0 Å². The number of amides is 5. The van der Waals surface area contributed by atoms with Crippen molar-refractivity contribution < 1.29 is 67.1 Å². The Kier molecular flexibility index (Phi) is 33.7. The van der Waals surface area contributed by atoms with Crippen LogP contribution in [0.25, 0.3) is 56.4 Å². The lowest BCUT2D eigenvalue weighted by atomic mass is 9.95. The SMILES string of the molecule is CC(C)(C)OC(=O)N1CCN(CCBr)CC1.CC(C)(C)OC(=O)Nc1ccc(-c2ccccc2)cc1CC(=O)c1ccc2c(c1)C=CC2.CC(C)(C)OC(=O)Nc1ccc(-c2ccccc2)cc1CC(=O)c1ccc2c(ccn2CCN2CCN(C(=O)OC(C)(C)C)CC2)c1.CC(C)(C)OC(=O)Nc1ccc(-c2ccccc2)cc1N.O=C(O)c1ccc2c(c1)C=CC2. The minimum absolute atomic E-state index is 0.00514. The number of ether oxygens (including phenoxy) is 5. The van der Waals surface area contributed by atoms with Crippen molar-refractivity contribution in [2.45, 2.75) is 164 Å². The summed E-state index contributed by atoms with van der Waals surface area (Å²) in [5, 5.41) is 19.0. The van der Waals surface area contributed by atoms with Gasteiger partial charge in [0, 0.05) is 130 Å². The van der Waals surface area contributed by atoms with Crippen LogP contribution in [0.3, 0.4) is 0 Å². The van der Waals surface area contributed by atoms with E-state index in [1.54, 1.807) is 28.0 Å². The Hall–Kier alpha value is -12.6. The van der Waals surface area contributed by atoms with Crippen LogP contribution < -0.4 is 21.7 Å². The first-order chi connectivity index (χ1) is 60.6. The Labute approximate surface area is 761 Å². The zero-order chi connectivity index (χ0) is 92.7. The van der Waals surface area contributed by atoms with Crippen LogP contribution in [0.1, 0.15) is 168 Å². The molecule has 6 N–H and O–H groups in total. The summed E-state index contributed by atoms with van der Waals surface area (Å²) in [5.41, 5.74) is 20.3. The van der Waals surface area contributed by atoms with E-state index < -0.39 is 52.3 Å². The number of nitrogen functional groups attached to an aromatic ring is 1. The second-order valence-corrected chi connectivity index (χ2v) is 37.5. The van der Waals surface area contributed by atoms with Gasteiger partial charge in [0.15, 0.2) is 11.6 Å². The van der Waals surface area contributed by atoms with E-state index >= 15 is 0 Å². The van der Waals surface area contributed by atoms with Crippen LogP contribution in [-0.4, -0.2) is 176 Å². The summed E-state index contributed by atoms with van der Waals surface area (Å²) in [7, 11) is 0. The normalized spacial score (nSPS) is 13.7. The molecule has 2 saturated heterocycles. The molecule has 0 atom stereocenters. The lowest BCUT2D eigenvalue weighted by molar-refractivity contribution is 0.0136. The van der Waals surface area contributed by atoms with Gasteiger partial charge in [-0.1, -0.05) is 168 Å². The Balaban J connectivity index is 0.000000181. The Bertz CT molecular complexity index is 5580. The highest BCUT2D eigenvalue weighted by Gasteiger charge is 2.30. The number of hydrogen-bond acceptors (Lipinski definition) is 16. The van der Waals surface area contributed by atoms with Crippen molar-refractivity contribution in [1.82, 2.24) is 24.2 Å². The van der Waals surface area contributed by atoms with E-state index in [0.29, 0.717) is 58.1 Å². The highest BCUT2D eigenvalue weighted by molar-refractivity contribution is 9.09. The first-order valence-corrected chi connectivity index (χ1v) is 44.4. The fourth-order valence-corrected chi connectivity index (χ4v) is 14.8. The number of benzene rings is 9. The van der Waals surface area contributed by atoms with Crippen molar-refractivity contribution in [3.63, 3.8) is 0 Å². The Morgan fingerprint density at radius 1 is 0.383 bits per heavy atom. The molecular formula is C104H122BrN9O14. The molecular weight excluding hydrogens is 1680 g/mol. The summed E-state index contributed by atoms with van der Waals surface area (Å²) in [6, 6.07) is 65.8. The number of aromatic nitrogens is 1. The first-order valence-electron chi connectivity index (χ1n) is 43.3.